The van der Waals surface area contributed by atoms with Crippen LogP contribution in [0.5, 0.6) is 0 Å². The van der Waals surface area contributed by atoms with Gasteiger partial charge in [0, 0.05) is 43.0 Å². The summed E-state index contributed by atoms with van der Waals surface area (Å²) in [5.74, 6) is 0. The average molecular weight is 389 g/mol. The van der Waals surface area contributed by atoms with E-state index in [0.29, 0.717) is 31.6 Å². The minimum atomic E-state index is -0.503. The maximum atomic E-state index is 12.4. The van der Waals surface area contributed by atoms with Crippen LogP contribution < -0.4 is 16.0 Å². The van der Waals surface area contributed by atoms with Gasteiger partial charge in [-0.25, -0.2) is 9.59 Å². The van der Waals surface area contributed by atoms with E-state index >= 15 is 0 Å². The predicted molar refractivity (Wildman–Crippen MR) is 105 cm³/mol. The van der Waals surface area contributed by atoms with Crippen LogP contribution in [0.15, 0.2) is 24.3 Å². The third-order valence-electron chi connectivity index (χ3n) is 5.37. The van der Waals surface area contributed by atoms with Gasteiger partial charge in [0.2, 0.25) is 0 Å². The smallest absolute Gasteiger partial charge is 0.319 e. The SMILES string of the molecule is O=C(Nc1cccc([N+](=O)[O-])c1)NC1CCN(C(=O)NC2CCCCC2)CC1. The van der Waals surface area contributed by atoms with Crippen molar-refractivity contribution in [3.8, 4) is 0 Å². The van der Waals surface area contributed by atoms with Crippen LogP contribution in [0.25, 0.3) is 0 Å². The quantitative estimate of drug-likeness (QED) is 0.541. The number of anilines is 1. The Hall–Kier alpha value is -2.84. The molecule has 1 saturated carbocycles. The number of likely N-dealkylation sites (tertiary alicyclic amines) is 1. The standard InChI is InChI=1S/C19H27N5O4/c25-18(21-16-7-4-8-17(13-16)24(27)28)20-15-9-11-23(12-10-15)19(26)22-14-5-2-1-3-6-14/h4,7-8,13-15H,1-3,5-6,9-12H2,(H,22,26)(H2,20,21,25). The topological polar surface area (TPSA) is 117 Å². The zero-order valence-electron chi connectivity index (χ0n) is 15.9. The molecule has 9 heteroatoms. The second-order valence-electron chi connectivity index (χ2n) is 7.45. The fraction of sp³-hybridized carbons (Fsp3) is 0.579. The predicted octanol–water partition coefficient (Wildman–Crippen LogP) is 3.22. The Morgan fingerprint density at radius 2 is 1.68 bits per heavy atom. The Bertz CT molecular complexity index is 712. The Labute approximate surface area is 164 Å². The van der Waals surface area contributed by atoms with Gasteiger partial charge in [0.1, 0.15) is 0 Å². The van der Waals surface area contributed by atoms with Crippen LogP contribution in [0.4, 0.5) is 21.0 Å². The van der Waals surface area contributed by atoms with E-state index in [-0.39, 0.29) is 23.8 Å². The van der Waals surface area contributed by atoms with Crippen LogP contribution >= 0.6 is 0 Å². The summed E-state index contributed by atoms with van der Waals surface area (Å²) in [7, 11) is 0. The van der Waals surface area contributed by atoms with Crippen molar-refractivity contribution in [2.24, 2.45) is 0 Å². The molecule has 1 aromatic carbocycles. The van der Waals surface area contributed by atoms with E-state index < -0.39 is 11.0 Å². The Morgan fingerprint density at radius 3 is 2.36 bits per heavy atom. The number of urea groups is 2. The number of nitro groups is 1. The van der Waals surface area contributed by atoms with E-state index in [4.69, 9.17) is 0 Å². The number of nitrogens with one attached hydrogen (secondary N) is 3. The lowest BCUT2D eigenvalue weighted by molar-refractivity contribution is -0.384. The van der Waals surface area contributed by atoms with E-state index in [9.17, 15) is 19.7 Å². The van der Waals surface area contributed by atoms with Crippen LogP contribution in [-0.2, 0) is 0 Å². The summed E-state index contributed by atoms with van der Waals surface area (Å²) in [5, 5.41) is 19.4. The van der Waals surface area contributed by atoms with E-state index in [1.165, 1.54) is 37.5 Å². The van der Waals surface area contributed by atoms with E-state index in [1.807, 2.05) is 4.90 Å². The van der Waals surface area contributed by atoms with Crippen LogP contribution in [-0.4, -0.2) is 47.1 Å². The van der Waals surface area contributed by atoms with Crippen LogP contribution in [0.1, 0.15) is 44.9 Å². The first-order valence-corrected chi connectivity index (χ1v) is 9.88. The molecular formula is C19H27N5O4. The number of carbonyl (C=O) groups excluding carboxylic acids is 2. The van der Waals surface area contributed by atoms with Crippen molar-refractivity contribution >= 4 is 23.4 Å². The summed E-state index contributed by atoms with van der Waals surface area (Å²) in [6, 6.07) is 5.67. The molecule has 1 aromatic rings. The number of non-ortho nitro benzene ring substituents is 1. The van der Waals surface area contributed by atoms with Crippen molar-refractivity contribution in [1.82, 2.24) is 15.5 Å². The number of amides is 4. The van der Waals surface area contributed by atoms with E-state index in [1.54, 1.807) is 6.07 Å². The lowest BCUT2D eigenvalue weighted by Crippen LogP contribution is -2.52. The molecule has 1 aliphatic carbocycles. The Balaban J connectivity index is 1.41. The maximum absolute atomic E-state index is 12.4. The van der Waals surface area contributed by atoms with Crippen LogP contribution in [0, 0.1) is 10.1 Å². The molecule has 0 atom stereocenters. The normalized spacial score (nSPS) is 18.4. The Morgan fingerprint density at radius 1 is 1.00 bits per heavy atom. The molecule has 1 aliphatic heterocycles. The molecule has 9 nitrogen and oxygen atoms in total. The molecule has 1 saturated heterocycles. The van der Waals surface area contributed by atoms with Gasteiger partial charge in [-0.05, 0) is 31.7 Å². The first-order valence-electron chi connectivity index (χ1n) is 9.88. The molecule has 0 spiro atoms. The van der Waals surface area contributed by atoms with Crippen molar-refractivity contribution in [1.29, 1.82) is 0 Å². The molecule has 0 unspecified atom stereocenters. The summed E-state index contributed by atoms with van der Waals surface area (Å²) >= 11 is 0. The largest absolute Gasteiger partial charge is 0.335 e. The fourth-order valence-electron chi connectivity index (χ4n) is 3.79. The van der Waals surface area contributed by atoms with Crippen molar-refractivity contribution in [3.63, 3.8) is 0 Å². The van der Waals surface area contributed by atoms with Crippen molar-refractivity contribution in [3.05, 3.63) is 34.4 Å². The number of piperidine rings is 1. The number of hydrogen-bond donors (Lipinski definition) is 3. The minimum Gasteiger partial charge on any atom is -0.335 e. The van der Waals surface area contributed by atoms with Crippen molar-refractivity contribution in [2.75, 3.05) is 18.4 Å². The summed E-state index contributed by atoms with van der Waals surface area (Å²) in [6.45, 7) is 1.20. The monoisotopic (exact) mass is 389 g/mol. The zero-order chi connectivity index (χ0) is 19.9. The third kappa shape index (κ3) is 5.58. The highest BCUT2D eigenvalue weighted by molar-refractivity contribution is 5.89. The second kappa shape index (κ2) is 9.38. The highest BCUT2D eigenvalue weighted by Gasteiger charge is 2.25. The van der Waals surface area contributed by atoms with Gasteiger partial charge < -0.3 is 20.9 Å². The van der Waals surface area contributed by atoms with Crippen LogP contribution in [0.3, 0.4) is 0 Å². The molecule has 0 radical (unpaired) electrons. The van der Waals surface area contributed by atoms with E-state index in [2.05, 4.69) is 16.0 Å². The van der Waals surface area contributed by atoms with E-state index in [0.717, 1.165) is 12.8 Å². The molecule has 0 aromatic heterocycles. The molecular weight excluding hydrogens is 362 g/mol. The van der Waals surface area contributed by atoms with Gasteiger partial charge in [0.15, 0.2) is 0 Å². The third-order valence-corrected chi connectivity index (χ3v) is 5.37. The molecule has 1 heterocycles. The molecule has 2 fully saturated rings. The summed E-state index contributed by atoms with van der Waals surface area (Å²) in [4.78, 5) is 36.7. The summed E-state index contributed by atoms with van der Waals surface area (Å²) in [6.07, 6.45) is 7.08. The van der Waals surface area contributed by atoms with Gasteiger partial charge in [0.05, 0.1) is 4.92 Å². The number of carbonyl (C=O) groups is 2. The van der Waals surface area contributed by atoms with Gasteiger partial charge in [-0.3, -0.25) is 10.1 Å². The van der Waals surface area contributed by atoms with Crippen molar-refractivity contribution < 1.29 is 14.5 Å². The molecule has 0 bridgehead atoms. The lowest BCUT2D eigenvalue weighted by atomic mass is 9.95. The van der Waals surface area contributed by atoms with Crippen molar-refractivity contribution in [2.45, 2.75) is 57.0 Å². The fourth-order valence-corrected chi connectivity index (χ4v) is 3.79. The summed E-state index contributed by atoms with van der Waals surface area (Å²) < 4.78 is 0. The number of nitrogens with zero attached hydrogens (tertiary/aromatic N) is 2. The molecule has 3 N–H and O–H groups in total. The minimum absolute atomic E-state index is 0.00797. The lowest BCUT2D eigenvalue weighted by Gasteiger charge is -2.34. The first-order chi connectivity index (χ1) is 13.5. The molecule has 3 rings (SSSR count). The van der Waals surface area contributed by atoms with Gasteiger partial charge in [-0.15, -0.1) is 0 Å². The van der Waals surface area contributed by atoms with Gasteiger partial charge in [0.25, 0.3) is 5.69 Å². The number of benzene rings is 1. The number of rotatable bonds is 4. The average Bonchev–Trinajstić information content (AvgIpc) is 2.69. The highest BCUT2D eigenvalue weighted by atomic mass is 16.6. The zero-order valence-corrected chi connectivity index (χ0v) is 15.9. The number of hydrogen-bond acceptors (Lipinski definition) is 4. The summed E-state index contributed by atoms with van der Waals surface area (Å²) in [5.41, 5.74) is 0.297. The molecule has 152 valence electrons. The number of nitro benzene ring substituents is 1. The Kier molecular flexibility index (Phi) is 6.67. The molecule has 28 heavy (non-hydrogen) atoms. The molecule has 2 aliphatic rings. The molecule has 4 amide bonds. The van der Waals surface area contributed by atoms with Crippen LogP contribution in [0.2, 0.25) is 0 Å². The highest BCUT2D eigenvalue weighted by Crippen LogP contribution is 2.19. The van der Waals surface area contributed by atoms with Gasteiger partial charge >= 0.3 is 12.1 Å². The van der Waals surface area contributed by atoms with Gasteiger partial charge in [-0.2, -0.15) is 0 Å². The second-order valence-corrected chi connectivity index (χ2v) is 7.45. The first kappa shape index (κ1) is 19.9. The maximum Gasteiger partial charge on any atom is 0.319 e. The van der Waals surface area contributed by atoms with Gasteiger partial charge in [-0.1, -0.05) is 25.3 Å².